The van der Waals surface area contributed by atoms with Crippen molar-refractivity contribution in [2.45, 2.75) is 10.1 Å². The summed E-state index contributed by atoms with van der Waals surface area (Å²) in [4.78, 5) is 16.7. The number of nitrogens with one attached hydrogen (secondary N) is 2. The number of anilines is 1. The number of nitrogens with two attached hydrogens (primary N) is 1. The van der Waals surface area contributed by atoms with Crippen molar-refractivity contribution in [3.05, 3.63) is 28.7 Å². The number of hydrogen-bond acceptors (Lipinski definition) is 6. The summed E-state index contributed by atoms with van der Waals surface area (Å²) < 4.78 is 1.06. The maximum atomic E-state index is 11.6. The molecule has 21 heavy (non-hydrogen) atoms. The molecule has 1 aromatic heterocycles. The average molecular weight is 388 g/mol. The number of carbonyl (C=O) groups excluding carboxylic acids is 1. The van der Waals surface area contributed by atoms with Gasteiger partial charge in [0.15, 0.2) is 0 Å². The van der Waals surface area contributed by atoms with Gasteiger partial charge in [-0.25, -0.2) is 5.10 Å². The highest BCUT2D eigenvalue weighted by Gasteiger charge is 2.06. The van der Waals surface area contributed by atoms with E-state index in [1.807, 2.05) is 24.3 Å². The first kappa shape index (κ1) is 16.2. The minimum absolute atomic E-state index is 0.0419. The zero-order valence-electron chi connectivity index (χ0n) is 11.0. The van der Waals surface area contributed by atoms with Crippen molar-refractivity contribution in [3.8, 4) is 0 Å². The number of carbonyl (C=O) groups is 1. The zero-order chi connectivity index (χ0) is 15.1. The van der Waals surface area contributed by atoms with E-state index >= 15 is 0 Å². The van der Waals surface area contributed by atoms with Crippen molar-refractivity contribution >= 4 is 51.3 Å². The quantitative estimate of drug-likeness (QED) is 0.497. The number of benzene rings is 1. The number of thioether (sulfide) groups is 2. The Balaban J connectivity index is 1.59. The Kier molecular flexibility index (Phi) is 6.40. The summed E-state index contributed by atoms with van der Waals surface area (Å²) in [5.74, 6) is 1.31. The predicted molar refractivity (Wildman–Crippen MR) is 89.4 cm³/mol. The normalized spacial score (nSPS) is 10.5. The van der Waals surface area contributed by atoms with Crippen LogP contribution in [0.15, 0.2) is 38.8 Å². The van der Waals surface area contributed by atoms with Gasteiger partial charge in [0.25, 0.3) is 0 Å². The lowest BCUT2D eigenvalue weighted by atomic mass is 10.4. The van der Waals surface area contributed by atoms with E-state index in [4.69, 9.17) is 5.73 Å². The van der Waals surface area contributed by atoms with Gasteiger partial charge < -0.3 is 11.1 Å². The van der Waals surface area contributed by atoms with Crippen LogP contribution in [0.4, 0.5) is 5.95 Å². The Bertz CT molecular complexity index is 590. The van der Waals surface area contributed by atoms with Crippen molar-refractivity contribution < 1.29 is 4.79 Å². The minimum atomic E-state index is -0.0419. The van der Waals surface area contributed by atoms with Crippen LogP contribution < -0.4 is 11.1 Å². The third-order valence-electron chi connectivity index (χ3n) is 2.32. The molecule has 2 aromatic rings. The largest absolute Gasteiger partial charge is 0.368 e. The van der Waals surface area contributed by atoms with Crippen LogP contribution in [0, 0.1) is 0 Å². The summed E-state index contributed by atoms with van der Waals surface area (Å²) in [6.45, 7) is 0.621. The molecule has 0 aliphatic heterocycles. The van der Waals surface area contributed by atoms with Crippen molar-refractivity contribution in [1.29, 1.82) is 0 Å². The smallest absolute Gasteiger partial charge is 0.230 e. The van der Waals surface area contributed by atoms with Gasteiger partial charge in [-0.15, -0.1) is 16.9 Å². The number of aromatic nitrogens is 3. The first-order chi connectivity index (χ1) is 10.1. The summed E-state index contributed by atoms with van der Waals surface area (Å²) in [7, 11) is 0. The monoisotopic (exact) mass is 387 g/mol. The maximum Gasteiger partial charge on any atom is 0.230 e. The summed E-state index contributed by atoms with van der Waals surface area (Å²) in [6.07, 6.45) is 0. The molecule has 0 aliphatic carbocycles. The molecule has 0 unspecified atom stereocenters. The van der Waals surface area contributed by atoms with Gasteiger partial charge in [-0.05, 0) is 24.3 Å². The molecule has 0 atom stereocenters. The van der Waals surface area contributed by atoms with E-state index in [2.05, 4.69) is 36.4 Å². The second kappa shape index (κ2) is 8.30. The molecule has 1 aromatic carbocycles. The van der Waals surface area contributed by atoms with E-state index < -0.39 is 0 Å². The highest BCUT2D eigenvalue weighted by atomic mass is 79.9. The first-order valence-electron chi connectivity index (χ1n) is 6.09. The molecule has 1 heterocycles. The third kappa shape index (κ3) is 5.98. The SMILES string of the molecule is Nc1nc(SCC(=O)NCCSc2ccc(Br)cc2)n[nH]1. The van der Waals surface area contributed by atoms with Crippen LogP contribution in [0.2, 0.25) is 0 Å². The van der Waals surface area contributed by atoms with Gasteiger partial charge >= 0.3 is 0 Å². The Morgan fingerprint density at radius 2 is 2.10 bits per heavy atom. The maximum absolute atomic E-state index is 11.6. The topological polar surface area (TPSA) is 96.7 Å². The van der Waals surface area contributed by atoms with Gasteiger partial charge in [-0.2, -0.15) is 4.98 Å². The average Bonchev–Trinajstić information content (AvgIpc) is 2.89. The fourth-order valence-corrected chi connectivity index (χ4v) is 3.06. The van der Waals surface area contributed by atoms with E-state index in [1.165, 1.54) is 16.7 Å². The van der Waals surface area contributed by atoms with Gasteiger partial charge in [-0.1, -0.05) is 27.7 Å². The predicted octanol–water partition coefficient (Wildman–Crippen LogP) is 2.15. The van der Waals surface area contributed by atoms with Gasteiger partial charge in [0.1, 0.15) is 0 Å². The molecule has 9 heteroatoms. The van der Waals surface area contributed by atoms with Crippen molar-refractivity contribution in [2.24, 2.45) is 0 Å². The van der Waals surface area contributed by atoms with Crippen LogP contribution >= 0.6 is 39.5 Å². The molecule has 0 radical (unpaired) electrons. The highest BCUT2D eigenvalue weighted by molar-refractivity contribution is 9.10. The number of amides is 1. The van der Waals surface area contributed by atoms with Crippen LogP contribution in [0.3, 0.4) is 0 Å². The lowest BCUT2D eigenvalue weighted by molar-refractivity contribution is -0.118. The first-order valence-corrected chi connectivity index (χ1v) is 8.85. The molecule has 0 saturated heterocycles. The van der Waals surface area contributed by atoms with Crippen LogP contribution in [-0.2, 0) is 4.79 Å². The highest BCUT2D eigenvalue weighted by Crippen LogP contribution is 2.20. The van der Waals surface area contributed by atoms with Gasteiger partial charge in [0.2, 0.25) is 17.0 Å². The molecule has 0 bridgehead atoms. The molecule has 112 valence electrons. The van der Waals surface area contributed by atoms with Crippen molar-refractivity contribution in [2.75, 3.05) is 23.8 Å². The van der Waals surface area contributed by atoms with Gasteiger partial charge in [0, 0.05) is 21.7 Å². The molecular weight excluding hydrogens is 374 g/mol. The van der Waals surface area contributed by atoms with Crippen molar-refractivity contribution in [1.82, 2.24) is 20.5 Å². The van der Waals surface area contributed by atoms with Gasteiger partial charge in [0.05, 0.1) is 5.75 Å². The Morgan fingerprint density at radius 1 is 1.33 bits per heavy atom. The van der Waals surface area contributed by atoms with E-state index in [-0.39, 0.29) is 17.6 Å². The number of halogens is 1. The summed E-state index contributed by atoms with van der Waals surface area (Å²) in [6, 6.07) is 8.08. The Labute approximate surface area is 139 Å². The third-order valence-corrected chi connectivity index (χ3v) is 4.71. The fourth-order valence-electron chi connectivity index (χ4n) is 1.39. The molecule has 0 aliphatic rings. The van der Waals surface area contributed by atoms with E-state index in [0.717, 1.165) is 10.2 Å². The van der Waals surface area contributed by atoms with Crippen molar-refractivity contribution in [3.63, 3.8) is 0 Å². The Hall–Kier alpha value is -1.19. The lowest BCUT2D eigenvalue weighted by Gasteiger charge is -2.04. The lowest BCUT2D eigenvalue weighted by Crippen LogP contribution is -2.27. The molecule has 1 amide bonds. The summed E-state index contributed by atoms with van der Waals surface area (Å²) in [5.41, 5.74) is 5.40. The van der Waals surface area contributed by atoms with Crippen LogP contribution in [0.1, 0.15) is 0 Å². The molecule has 0 saturated carbocycles. The fraction of sp³-hybridized carbons (Fsp3) is 0.250. The molecule has 0 spiro atoms. The summed E-state index contributed by atoms with van der Waals surface area (Å²) >= 11 is 6.34. The van der Waals surface area contributed by atoms with E-state index in [0.29, 0.717) is 11.7 Å². The molecule has 0 fully saturated rings. The molecule has 4 N–H and O–H groups in total. The standard InChI is InChI=1S/C12H14BrN5OS2/c13-8-1-3-9(4-2-8)20-6-5-15-10(19)7-21-12-16-11(14)17-18-12/h1-4H,5-7H2,(H,15,19)(H3,14,16,17,18). The zero-order valence-corrected chi connectivity index (χ0v) is 14.2. The van der Waals surface area contributed by atoms with Crippen LogP contribution in [0.5, 0.6) is 0 Å². The second-order valence-corrected chi connectivity index (χ2v) is 6.97. The number of nitrogen functional groups attached to an aromatic ring is 1. The van der Waals surface area contributed by atoms with E-state index in [1.54, 1.807) is 11.8 Å². The number of H-pyrrole nitrogens is 1. The van der Waals surface area contributed by atoms with Crippen LogP contribution in [0.25, 0.3) is 0 Å². The van der Waals surface area contributed by atoms with Gasteiger partial charge in [-0.3, -0.25) is 4.79 Å². The van der Waals surface area contributed by atoms with E-state index in [9.17, 15) is 4.79 Å². The summed E-state index contributed by atoms with van der Waals surface area (Å²) in [5, 5.41) is 9.70. The second-order valence-electron chi connectivity index (χ2n) is 3.94. The number of aromatic amines is 1. The number of hydrogen-bond donors (Lipinski definition) is 3. The molecular formula is C12H14BrN5OS2. The molecule has 2 rings (SSSR count). The minimum Gasteiger partial charge on any atom is -0.368 e. The number of rotatable bonds is 7. The Morgan fingerprint density at radius 3 is 2.76 bits per heavy atom. The molecule has 6 nitrogen and oxygen atoms in total. The number of nitrogens with zero attached hydrogens (tertiary/aromatic N) is 2. The van der Waals surface area contributed by atoms with Crippen LogP contribution in [-0.4, -0.2) is 39.1 Å².